The molecule has 8 nitrogen and oxygen atoms in total. The van der Waals surface area contributed by atoms with Crippen molar-refractivity contribution < 1.29 is 18.7 Å². The first-order valence-electron chi connectivity index (χ1n) is 11.1. The predicted octanol–water partition coefficient (Wildman–Crippen LogP) is 3.75. The van der Waals surface area contributed by atoms with Gasteiger partial charge in [0.05, 0.1) is 18.0 Å². The van der Waals surface area contributed by atoms with Crippen LogP contribution in [0.1, 0.15) is 43.9 Å². The van der Waals surface area contributed by atoms with E-state index in [0.717, 1.165) is 5.69 Å². The zero-order valence-electron chi connectivity index (χ0n) is 19.3. The standard InChI is InChI=1S/C24H28FN5O3/c1-5-33-23(32)29-12-10-28(11-13-29)22(31)18-14-19(16-8-6-7-9-17(16)25)30-21(26-18)15-20(27-30)24(2,3)4/h6-9,14-15H,5,10-13H2,1-4H3. The second-order valence-electron chi connectivity index (χ2n) is 9.03. The summed E-state index contributed by atoms with van der Waals surface area (Å²) < 4.78 is 21.3. The zero-order valence-corrected chi connectivity index (χ0v) is 19.3. The minimum Gasteiger partial charge on any atom is -0.450 e. The van der Waals surface area contributed by atoms with E-state index in [0.29, 0.717) is 49.7 Å². The summed E-state index contributed by atoms with van der Waals surface area (Å²) in [6.07, 6.45) is -0.375. The van der Waals surface area contributed by atoms with Crippen molar-refractivity contribution in [2.24, 2.45) is 0 Å². The molecule has 3 aromatic rings. The molecule has 1 fully saturated rings. The summed E-state index contributed by atoms with van der Waals surface area (Å²) in [6, 6.07) is 9.83. The summed E-state index contributed by atoms with van der Waals surface area (Å²) in [4.78, 5) is 33.1. The molecular weight excluding hydrogens is 425 g/mol. The number of hydrogen-bond donors (Lipinski definition) is 0. The van der Waals surface area contributed by atoms with Crippen molar-refractivity contribution in [3.63, 3.8) is 0 Å². The molecule has 0 spiro atoms. The van der Waals surface area contributed by atoms with Gasteiger partial charge in [-0.2, -0.15) is 5.10 Å². The van der Waals surface area contributed by atoms with Crippen LogP contribution in [-0.2, 0) is 10.2 Å². The molecule has 174 valence electrons. The van der Waals surface area contributed by atoms with Gasteiger partial charge in [0.1, 0.15) is 11.5 Å². The fraction of sp³-hybridized carbons (Fsp3) is 0.417. The molecule has 0 saturated carbocycles. The van der Waals surface area contributed by atoms with E-state index in [2.05, 4.69) is 10.1 Å². The number of rotatable bonds is 3. The third kappa shape index (κ3) is 4.53. The van der Waals surface area contributed by atoms with Gasteiger partial charge in [0.2, 0.25) is 0 Å². The molecule has 1 aliphatic heterocycles. The Morgan fingerprint density at radius 2 is 1.73 bits per heavy atom. The molecule has 0 aliphatic carbocycles. The Morgan fingerprint density at radius 3 is 2.36 bits per heavy atom. The van der Waals surface area contributed by atoms with E-state index in [9.17, 15) is 14.0 Å². The van der Waals surface area contributed by atoms with Gasteiger partial charge in [0.25, 0.3) is 5.91 Å². The molecule has 2 amide bonds. The molecule has 0 unspecified atom stereocenters. The number of carbonyl (C=O) groups is 2. The van der Waals surface area contributed by atoms with Crippen molar-refractivity contribution in [2.75, 3.05) is 32.8 Å². The van der Waals surface area contributed by atoms with Gasteiger partial charge in [0.15, 0.2) is 5.65 Å². The molecule has 3 heterocycles. The summed E-state index contributed by atoms with van der Waals surface area (Å²) in [5, 5.41) is 4.67. The van der Waals surface area contributed by atoms with E-state index in [1.807, 2.05) is 26.8 Å². The smallest absolute Gasteiger partial charge is 0.409 e. The number of nitrogens with zero attached hydrogens (tertiary/aromatic N) is 5. The van der Waals surface area contributed by atoms with Gasteiger partial charge >= 0.3 is 6.09 Å². The number of ether oxygens (including phenoxy) is 1. The SMILES string of the molecule is CCOC(=O)N1CCN(C(=O)c2cc(-c3ccccc3F)n3nc(C(C)(C)C)cc3n2)CC1. The van der Waals surface area contributed by atoms with E-state index in [-0.39, 0.29) is 23.1 Å². The number of piperazine rings is 1. The van der Waals surface area contributed by atoms with Crippen LogP contribution in [0.5, 0.6) is 0 Å². The van der Waals surface area contributed by atoms with Crippen molar-refractivity contribution in [1.29, 1.82) is 0 Å². The van der Waals surface area contributed by atoms with Gasteiger partial charge in [-0.05, 0) is 25.1 Å². The van der Waals surface area contributed by atoms with Crippen LogP contribution in [0, 0.1) is 5.82 Å². The fourth-order valence-corrected chi connectivity index (χ4v) is 3.78. The molecule has 0 N–H and O–H groups in total. The minimum absolute atomic E-state index is 0.214. The van der Waals surface area contributed by atoms with Crippen molar-refractivity contribution in [3.8, 4) is 11.3 Å². The molecular formula is C24H28FN5O3. The van der Waals surface area contributed by atoms with Crippen LogP contribution in [0.25, 0.3) is 16.9 Å². The van der Waals surface area contributed by atoms with E-state index in [1.165, 1.54) is 6.07 Å². The largest absolute Gasteiger partial charge is 0.450 e. The van der Waals surface area contributed by atoms with E-state index in [1.54, 1.807) is 45.5 Å². The number of halogens is 1. The van der Waals surface area contributed by atoms with Crippen LogP contribution in [-0.4, -0.2) is 69.2 Å². The third-order valence-electron chi connectivity index (χ3n) is 5.66. The molecule has 0 atom stereocenters. The third-order valence-corrected chi connectivity index (χ3v) is 5.66. The average molecular weight is 454 g/mol. The second kappa shape index (κ2) is 8.80. The van der Waals surface area contributed by atoms with Crippen molar-refractivity contribution in [2.45, 2.75) is 33.1 Å². The van der Waals surface area contributed by atoms with Crippen molar-refractivity contribution >= 4 is 17.6 Å². The molecule has 0 radical (unpaired) electrons. The number of hydrogen-bond acceptors (Lipinski definition) is 5. The first kappa shape index (κ1) is 22.7. The highest BCUT2D eigenvalue weighted by atomic mass is 19.1. The Hall–Kier alpha value is -3.49. The van der Waals surface area contributed by atoms with E-state index in [4.69, 9.17) is 4.74 Å². The Bertz CT molecular complexity index is 1190. The molecule has 4 rings (SSSR count). The Kier molecular flexibility index (Phi) is 6.05. The van der Waals surface area contributed by atoms with E-state index >= 15 is 0 Å². The lowest BCUT2D eigenvalue weighted by molar-refractivity contribution is 0.0566. The Morgan fingerprint density at radius 1 is 1.06 bits per heavy atom. The highest BCUT2D eigenvalue weighted by Crippen LogP contribution is 2.28. The highest BCUT2D eigenvalue weighted by molar-refractivity contribution is 5.94. The van der Waals surface area contributed by atoms with Gasteiger partial charge in [-0.3, -0.25) is 4.79 Å². The number of aromatic nitrogens is 3. The summed E-state index contributed by atoms with van der Waals surface area (Å²) in [5.41, 5.74) is 2.05. The quantitative estimate of drug-likeness (QED) is 0.604. The number of amides is 2. The van der Waals surface area contributed by atoms with Gasteiger partial charge in [0, 0.05) is 43.2 Å². The highest BCUT2D eigenvalue weighted by Gasteiger charge is 2.28. The lowest BCUT2D eigenvalue weighted by Gasteiger charge is -2.33. The molecule has 9 heteroatoms. The monoisotopic (exact) mass is 453 g/mol. The summed E-state index contributed by atoms with van der Waals surface area (Å²) >= 11 is 0. The van der Waals surface area contributed by atoms with Crippen LogP contribution in [0.4, 0.5) is 9.18 Å². The summed E-state index contributed by atoms with van der Waals surface area (Å²) in [7, 11) is 0. The maximum Gasteiger partial charge on any atom is 0.409 e. The molecule has 2 aromatic heterocycles. The van der Waals surface area contributed by atoms with Crippen molar-refractivity contribution in [1.82, 2.24) is 24.4 Å². The maximum absolute atomic E-state index is 14.7. The summed E-state index contributed by atoms with van der Waals surface area (Å²) in [5.74, 6) is -0.670. The Balaban J connectivity index is 1.70. The number of benzene rings is 1. The predicted molar refractivity (Wildman–Crippen MR) is 122 cm³/mol. The summed E-state index contributed by atoms with van der Waals surface area (Å²) in [6.45, 7) is 9.67. The topological polar surface area (TPSA) is 80.0 Å². The van der Waals surface area contributed by atoms with Gasteiger partial charge < -0.3 is 14.5 Å². The van der Waals surface area contributed by atoms with Crippen LogP contribution in [0.2, 0.25) is 0 Å². The van der Waals surface area contributed by atoms with E-state index < -0.39 is 5.82 Å². The normalized spacial score (nSPS) is 14.6. The van der Waals surface area contributed by atoms with Gasteiger partial charge in [-0.1, -0.05) is 32.9 Å². The zero-order chi connectivity index (χ0) is 23.8. The minimum atomic E-state index is -0.403. The number of carbonyl (C=O) groups excluding carboxylic acids is 2. The lowest BCUT2D eigenvalue weighted by atomic mass is 9.93. The first-order chi connectivity index (χ1) is 15.7. The van der Waals surface area contributed by atoms with Crippen LogP contribution < -0.4 is 0 Å². The van der Waals surface area contributed by atoms with Gasteiger partial charge in [-0.25, -0.2) is 18.7 Å². The van der Waals surface area contributed by atoms with Crippen LogP contribution >= 0.6 is 0 Å². The van der Waals surface area contributed by atoms with Crippen LogP contribution in [0.15, 0.2) is 36.4 Å². The maximum atomic E-state index is 14.7. The fourth-order valence-electron chi connectivity index (χ4n) is 3.78. The lowest BCUT2D eigenvalue weighted by Crippen LogP contribution is -2.50. The van der Waals surface area contributed by atoms with Gasteiger partial charge in [-0.15, -0.1) is 0 Å². The molecule has 1 saturated heterocycles. The molecule has 0 bridgehead atoms. The van der Waals surface area contributed by atoms with Crippen LogP contribution in [0.3, 0.4) is 0 Å². The molecule has 33 heavy (non-hydrogen) atoms. The molecule has 1 aromatic carbocycles. The Labute approximate surface area is 192 Å². The average Bonchev–Trinajstić information content (AvgIpc) is 3.24. The number of fused-ring (bicyclic) bond motifs is 1. The van der Waals surface area contributed by atoms with Crippen molar-refractivity contribution in [3.05, 3.63) is 53.6 Å². The second-order valence-corrected chi connectivity index (χ2v) is 9.03. The molecule has 1 aliphatic rings. The first-order valence-corrected chi connectivity index (χ1v) is 11.1.